The second-order valence-corrected chi connectivity index (χ2v) is 7.67. The number of hydrogen-bond acceptors (Lipinski definition) is 3. The first kappa shape index (κ1) is 17.7. The fraction of sp³-hybridized carbons (Fsp3) is 0.895. The molecule has 0 aromatic heterocycles. The first-order valence-electron chi connectivity index (χ1n) is 9.88. The monoisotopic (exact) mass is 336 g/mol. The number of ether oxygens (including phenoxy) is 1. The van der Waals surface area contributed by atoms with Crippen LogP contribution in [0.25, 0.3) is 0 Å². The molecule has 2 heterocycles. The number of rotatable bonds is 6. The lowest BCUT2D eigenvalue weighted by molar-refractivity contribution is -0.143. The predicted molar refractivity (Wildman–Crippen MR) is 92.5 cm³/mol. The van der Waals surface area contributed by atoms with Crippen molar-refractivity contribution in [3.05, 3.63) is 0 Å². The Morgan fingerprint density at radius 2 is 1.92 bits per heavy atom. The van der Waals surface area contributed by atoms with E-state index in [0.29, 0.717) is 6.54 Å². The van der Waals surface area contributed by atoms with Crippen molar-refractivity contribution in [2.75, 3.05) is 32.8 Å². The molecule has 5 heteroatoms. The Labute approximate surface area is 145 Å². The van der Waals surface area contributed by atoms with Gasteiger partial charge in [0, 0.05) is 38.7 Å². The van der Waals surface area contributed by atoms with Gasteiger partial charge in [0.1, 0.15) is 0 Å². The van der Waals surface area contributed by atoms with Crippen molar-refractivity contribution in [3.63, 3.8) is 0 Å². The van der Waals surface area contributed by atoms with Gasteiger partial charge in [-0.3, -0.25) is 9.59 Å². The van der Waals surface area contributed by atoms with Crippen molar-refractivity contribution < 1.29 is 14.3 Å². The zero-order valence-corrected chi connectivity index (χ0v) is 15.0. The minimum atomic E-state index is -0.0170. The largest absolute Gasteiger partial charge is 0.376 e. The molecule has 136 valence electrons. The van der Waals surface area contributed by atoms with Crippen molar-refractivity contribution in [1.82, 2.24) is 9.80 Å². The zero-order chi connectivity index (χ0) is 16.9. The minimum Gasteiger partial charge on any atom is -0.376 e. The van der Waals surface area contributed by atoms with Crippen LogP contribution < -0.4 is 0 Å². The Morgan fingerprint density at radius 1 is 1.08 bits per heavy atom. The van der Waals surface area contributed by atoms with Gasteiger partial charge in [-0.1, -0.05) is 6.92 Å². The third kappa shape index (κ3) is 4.50. The van der Waals surface area contributed by atoms with Crippen LogP contribution in [0.3, 0.4) is 0 Å². The second kappa shape index (κ2) is 8.32. The highest BCUT2D eigenvalue weighted by atomic mass is 16.5. The van der Waals surface area contributed by atoms with Gasteiger partial charge in [0.2, 0.25) is 11.8 Å². The summed E-state index contributed by atoms with van der Waals surface area (Å²) < 4.78 is 5.83. The molecule has 3 fully saturated rings. The lowest BCUT2D eigenvalue weighted by atomic mass is 9.95. The van der Waals surface area contributed by atoms with E-state index in [1.54, 1.807) is 0 Å². The van der Waals surface area contributed by atoms with Crippen LogP contribution in [0.2, 0.25) is 0 Å². The van der Waals surface area contributed by atoms with E-state index in [2.05, 4.69) is 6.92 Å². The normalized spacial score (nSPS) is 27.8. The molecule has 0 N–H and O–H groups in total. The summed E-state index contributed by atoms with van der Waals surface area (Å²) in [6, 6.07) is 0. The molecule has 2 unspecified atom stereocenters. The van der Waals surface area contributed by atoms with Gasteiger partial charge >= 0.3 is 0 Å². The van der Waals surface area contributed by atoms with Crippen molar-refractivity contribution in [2.24, 2.45) is 11.8 Å². The molecule has 2 aliphatic heterocycles. The number of hydrogen-bond donors (Lipinski definition) is 0. The van der Waals surface area contributed by atoms with E-state index in [-0.39, 0.29) is 29.8 Å². The van der Waals surface area contributed by atoms with Gasteiger partial charge in [-0.05, 0) is 51.4 Å². The van der Waals surface area contributed by atoms with Crippen LogP contribution in [0.1, 0.15) is 58.3 Å². The van der Waals surface area contributed by atoms with Gasteiger partial charge in [0.05, 0.1) is 12.0 Å². The van der Waals surface area contributed by atoms with Gasteiger partial charge in [0.15, 0.2) is 0 Å². The predicted octanol–water partition coefficient (Wildman–Crippen LogP) is 2.44. The van der Waals surface area contributed by atoms with Crippen LogP contribution in [0, 0.1) is 11.8 Å². The summed E-state index contributed by atoms with van der Waals surface area (Å²) in [6.45, 7) is 5.92. The number of piperidine rings is 1. The zero-order valence-electron chi connectivity index (χ0n) is 15.0. The molecule has 0 radical (unpaired) electrons. The second-order valence-electron chi connectivity index (χ2n) is 7.67. The van der Waals surface area contributed by atoms with Gasteiger partial charge < -0.3 is 14.5 Å². The number of nitrogens with zero attached hydrogens (tertiary/aromatic N) is 2. The first-order chi connectivity index (χ1) is 11.7. The smallest absolute Gasteiger partial charge is 0.227 e. The number of likely N-dealkylation sites (tertiary alicyclic amines) is 1. The summed E-state index contributed by atoms with van der Waals surface area (Å²) in [7, 11) is 0. The first-order valence-corrected chi connectivity index (χ1v) is 9.88. The molecule has 1 aliphatic carbocycles. The third-order valence-electron chi connectivity index (χ3n) is 5.51. The molecule has 0 aromatic carbocycles. The van der Waals surface area contributed by atoms with E-state index in [1.165, 1.54) is 6.42 Å². The Morgan fingerprint density at radius 3 is 2.58 bits per heavy atom. The van der Waals surface area contributed by atoms with Crippen LogP contribution in [0.15, 0.2) is 0 Å². The van der Waals surface area contributed by atoms with Crippen molar-refractivity contribution in [2.45, 2.75) is 64.4 Å². The minimum absolute atomic E-state index is 0.0170. The Kier molecular flexibility index (Phi) is 6.14. The van der Waals surface area contributed by atoms with E-state index < -0.39 is 0 Å². The molecular formula is C19H32N2O3. The van der Waals surface area contributed by atoms with Crippen LogP contribution in [0.4, 0.5) is 0 Å². The van der Waals surface area contributed by atoms with E-state index in [0.717, 1.165) is 71.2 Å². The number of amides is 2. The van der Waals surface area contributed by atoms with Crippen LogP contribution in [0.5, 0.6) is 0 Å². The summed E-state index contributed by atoms with van der Waals surface area (Å²) >= 11 is 0. The third-order valence-corrected chi connectivity index (χ3v) is 5.51. The molecule has 2 atom stereocenters. The van der Waals surface area contributed by atoms with Gasteiger partial charge in [0.25, 0.3) is 0 Å². The standard InChI is InChI=1S/C19H32N2O3/c1-2-10-20(14-17-7-3-4-12-24-17)19(23)16-6-5-11-21(13-16)18(22)15-8-9-15/h15-17H,2-14H2,1H3. The maximum absolute atomic E-state index is 13.0. The topological polar surface area (TPSA) is 49.9 Å². The highest BCUT2D eigenvalue weighted by Crippen LogP contribution is 2.32. The summed E-state index contributed by atoms with van der Waals surface area (Å²) in [5.41, 5.74) is 0. The van der Waals surface area contributed by atoms with Crippen LogP contribution >= 0.6 is 0 Å². The molecule has 0 bridgehead atoms. The van der Waals surface area contributed by atoms with E-state index >= 15 is 0 Å². The molecule has 24 heavy (non-hydrogen) atoms. The fourth-order valence-electron chi connectivity index (χ4n) is 3.98. The average molecular weight is 336 g/mol. The molecule has 1 saturated carbocycles. The van der Waals surface area contributed by atoms with Gasteiger partial charge in [-0.25, -0.2) is 0 Å². The molecule has 0 spiro atoms. The number of carbonyl (C=O) groups is 2. The quantitative estimate of drug-likeness (QED) is 0.748. The van der Waals surface area contributed by atoms with Gasteiger partial charge in [-0.2, -0.15) is 0 Å². The lowest BCUT2D eigenvalue weighted by Crippen LogP contribution is -2.49. The molecule has 0 aromatic rings. The molecule has 3 aliphatic rings. The highest BCUT2D eigenvalue weighted by Gasteiger charge is 2.37. The summed E-state index contributed by atoms with van der Waals surface area (Å²) in [4.78, 5) is 29.3. The van der Waals surface area contributed by atoms with Crippen LogP contribution in [-0.4, -0.2) is 60.5 Å². The Bertz CT molecular complexity index is 444. The molecule has 3 rings (SSSR count). The summed E-state index contributed by atoms with van der Waals surface area (Å²) in [6.07, 6.45) is 8.50. The van der Waals surface area contributed by atoms with Crippen molar-refractivity contribution in [3.8, 4) is 0 Å². The Hall–Kier alpha value is -1.10. The van der Waals surface area contributed by atoms with Gasteiger partial charge in [-0.15, -0.1) is 0 Å². The fourth-order valence-corrected chi connectivity index (χ4v) is 3.98. The molecular weight excluding hydrogens is 304 g/mol. The van der Waals surface area contributed by atoms with E-state index in [1.807, 2.05) is 9.80 Å². The Balaban J connectivity index is 1.57. The maximum Gasteiger partial charge on any atom is 0.227 e. The highest BCUT2D eigenvalue weighted by molar-refractivity contribution is 5.83. The van der Waals surface area contributed by atoms with Crippen molar-refractivity contribution >= 4 is 11.8 Å². The molecule has 2 amide bonds. The number of carbonyl (C=O) groups excluding carboxylic acids is 2. The van der Waals surface area contributed by atoms with E-state index in [4.69, 9.17) is 4.74 Å². The SMILES string of the molecule is CCCN(CC1CCCCO1)C(=O)C1CCCN(C(=O)C2CC2)C1. The van der Waals surface area contributed by atoms with Crippen LogP contribution in [-0.2, 0) is 14.3 Å². The summed E-state index contributed by atoms with van der Waals surface area (Å²) in [5, 5.41) is 0. The average Bonchev–Trinajstić information content (AvgIpc) is 3.46. The molecule has 2 saturated heterocycles. The summed E-state index contributed by atoms with van der Waals surface area (Å²) in [5.74, 6) is 0.752. The van der Waals surface area contributed by atoms with Crippen molar-refractivity contribution in [1.29, 1.82) is 0 Å². The van der Waals surface area contributed by atoms with E-state index in [9.17, 15) is 9.59 Å². The lowest BCUT2D eigenvalue weighted by Gasteiger charge is -2.36. The maximum atomic E-state index is 13.0. The molecule has 5 nitrogen and oxygen atoms in total.